The average molecular weight is 641 g/mol. The van der Waals surface area contributed by atoms with Gasteiger partial charge in [-0.3, -0.25) is 19.1 Å². The fourth-order valence-electron chi connectivity index (χ4n) is 6.00. The Bertz CT molecular complexity index is 1610. The van der Waals surface area contributed by atoms with Crippen LogP contribution in [-0.2, 0) is 20.7 Å². The lowest BCUT2D eigenvalue weighted by atomic mass is 9.89. The monoisotopic (exact) mass is 640 g/mol. The number of ether oxygens (including phenoxy) is 1. The van der Waals surface area contributed by atoms with Crippen LogP contribution in [0.1, 0.15) is 73.5 Å². The molecule has 0 unspecified atom stereocenters. The van der Waals surface area contributed by atoms with Gasteiger partial charge in [0.1, 0.15) is 23.8 Å². The van der Waals surface area contributed by atoms with Gasteiger partial charge < -0.3 is 10.1 Å². The molecule has 1 saturated heterocycles. The number of esters is 1. The van der Waals surface area contributed by atoms with Crippen molar-refractivity contribution in [3.63, 3.8) is 0 Å². The van der Waals surface area contributed by atoms with Crippen LogP contribution in [0.15, 0.2) is 41.5 Å². The van der Waals surface area contributed by atoms with Crippen LogP contribution in [0.25, 0.3) is 11.1 Å². The van der Waals surface area contributed by atoms with E-state index in [1.165, 1.54) is 23.8 Å². The van der Waals surface area contributed by atoms with E-state index in [0.29, 0.717) is 37.2 Å². The smallest absolute Gasteiger partial charge is 0.348 e. The molecule has 2 heterocycles. The topological polar surface area (TPSA) is 93.5 Å². The van der Waals surface area contributed by atoms with Crippen LogP contribution in [0.3, 0.4) is 0 Å². The van der Waals surface area contributed by atoms with E-state index in [2.05, 4.69) is 10.3 Å². The van der Waals surface area contributed by atoms with Gasteiger partial charge in [0.25, 0.3) is 0 Å². The number of nitrogens with one attached hydrogen (secondary N) is 1. The van der Waals surface area contributed by atoms with Gasteiger partial charge in [-0.15, -0.1) is 0 Å². The van der Waals surface area contributed by atoms with E-state index in [4.69, 9.17) is 4.74 Å². The number of benzene rings is 2. The molecule has 46 heavy (non-hydrogen) atoms. The average Bonchev–Trinajstić information content (AvgIpc) is 2.96. The number of aromatic nitrogens is 2. The van der Waals surface area contributed by atoms with E-state index in [9.17, 15) is 18.8 Å². The number of hydrogen-bond donors (Lipinski definition) is 1. The molecule has 4 rings (SSSR count). The van der Waals surface area contributed by atoms with Gasteiger partial charge in [-0.2, -0.15) is 0 Å². The van der Waals surface area contributed by atoms with Gasteiger partial charge in [0.15, 0.2) is 0 Å². The molecule has 1 aromatic heterocycles. The molecule has 0 aliphatic carbocycles. The Morgan fingerprint density at radius 2 is 1.76 bits per heavy atom. The lowest BCUT2D eigenvalue weighted by Gasteiger charge is -2.34. The van der Waals surface area contributed by atoms with Crippen LogP contribution in [0.5, 0.6) is 0 Å². The highest BCUT2D eigenvalue weighted by molar-refractivity contribution is 5.82. The number of carbonyl (C=O) groups is 2. The standard InChI is InChI=1S/C35H43F3N4O4/c1-7-46-29(43)15-27(31-32(37)23(6)14-26(33(31)38)30-21(4)9-8-10-22(30)5)40-34(44)28(13-20(2)3)42-17-24(16-39-35(42)45)11-12-41-18-25(36)19-41/h8-10,14,16-17,20,25,27-28H,7,11-13,15,18-19H2,1-6H3,(H,40,44)/t27-,28-/m0/s1. The first-order chi connectivity index (χ1) is 21.8. The molecule has 1 N–H and O–H groups in total. The molecule has 1 aliphatic heterocycles. The molecule has 0 spiro atoms. The van der Waals surface area contributed by atoms with Crippen LogP contribution < -0.4 is 11.0 Å². The van der Waals surface area contributed by atoms with Gasteiger partial charge in [-0.05, 0) is 80.3 Å². The first-order valence-electron chi connectivity index (χ1n) is 15.7. The lowest BCUT2D eigenvalue weighted by molar-refractivity contribution is -0.144. The molecule has 3 aromatic rings. The Labute approximate surface area is 268 Å². The molecule has 1 fully saturated rings. The maximum atomic E-state index is 16.5. The largest absolute Gasteiger partial charge is 0.466 e. The molecule has 1 amide bonds. The third kappa shape index (κ3) is 8.04. The highest BCUT2D eigenvalue weighted by Crippen LogP contribution is 2.37. The van der Waals surface area contributed by atoms with Crippen LogP contribution in [0, 0.1) is 38.3 Å². The van der Waals surface area contributed by atoms with Crippen molar-refractivity contribution in [2.24, 2.45) is 5.92 Å². The van der Waals surface area contributed by atoms with Crippen LogP contribution in [-0.4, -0.2) is 58.7 Å². The van der Waals surface area contributed by atoms with Gasteiger partial charge in [-0.25, -0.2) is 22.9 Å². The molecule has 1 aliphatic rings. The summed E-state index contributed by atoms with van der Waals surface area (Å²) in [6.45, 7) is 11.8. The third-order valence-corrected chi connectivity index (χ3v) is 8.34. The van der Waals surface area contributed by atoms with Crippen molar-refractivity contribution < 1.29 is 27.5 Å². The summed E-state index contributed by atoms with van der Waals surface area (Å²) in [7, 11) is 0. The van der Waals surface area contributed by atoms with Gasteiger partial charge >= 0.3 is 11.7 Å². The second kappa shape index (κ2) is 15.1. The number of alkyl halides is 1. The Hall–Kier alpha value is -3.99. The van der Waals surface area contributed by atoms with Crippen molar-refractivity contribution >= 4 is 11.9 Å². The summed E-state index contributed by atoms with van der Waals surface area (Å²) < 4.78 is 52.1. The number of amides is 1. The maximum Gasteiger partial charge on any atom is 0.348 e. The van der Waals surface area contributed by atoms with E-state index in [1.54, 1.807) is 13.1 Å². The maximum absolute atomic E-state index is 16.5. The van der Waals surface area contributed by atoms with Gasteiger partial charge in [0.2, 0.25) is 5.91 Å². The van der Waals surface area contributed by atoms with Crippen molar-refractivity contribution in [3.8, 4) is 11.1 Å². The summed E-state index contributed by atoms with van der Waals surface area (Å²) in [4.78, 5) is 45.7. The molecule has 0 bridgehead atoms. The van der Waals surface area contributed by atoms with E-state index in [1.807, 2.05) is 50.8 Å². The molecule has 8 nitrogen and oxygen atoms in total. The fraction of sp³-hybridized carbons (Fsp3) is 0.486. The normalized spacial score (nSPS) is 15.0. The predicted octanol–water partition coefficient (Wildman–Crippen LogP) is 5.71. The summed E-state index contributed by atoms with van der Waals surface area (Å²) in [6.07, 6.45) is 2.32. The van der Waals surface area contributed by atoms with E-state index < -0.39 is 59.4 Å². The molecule has 11 heteroatoms. The number of carbonyl (C=O) groups excluding carboxylic acids is 2. The van der Waals surface area contributed by atoms with Gasteiger partial charge in [0.05, 0.1) is 19.1 Å². The first kappa shape index (κ1) is 34.9. The minimum absolute atomic E-state index is 0.0409. The van der Waals surface area contributed by atoms with Crippen molar-refractivity contribution in [2.45, 2.75) is 79.1 Å². The molecular weight excluding hydrogens is 597 g/mol. The summed E-state index contributed by atoms with van der Waals surface area (Å²) >= 11 is 0. The first-order valence-corrected chi connectivity index (χ1v) is 15.7. The molecule has 0 saturated carbocycles. The van der Waals surface area contributed by atoms with Crippen molar-refractivity contribution in [1.29, 1.82) is 0 Å². The predicted molar refractivity (Wildman–Crippen MR) is 170 cm³/mol. The Morgan fingerprint density at radius 3 is 2.37 bits per heavy atom. The minimum Gasteiger partial charge on any atom is -0.466 e. The Morgan fingerprint density at radius 1 is 1.09 bits per heavy atom. The number of nitrogens with zero attached hydrogens (tertiary/aromatic N) is 3. The molecular formula is C35H43F3N4O4. The summed E-state index contributed by atoms with van der Waals surface area (Å²) in [5.74, 6) is -3.27. The van der Waals surface area contributed by atoms with Crippen molar-refractivity contribution in [1.82, 2.24) is 19.8 Å². The van der Waals surface area contributed by atoms with Crippen molar-refractivity contribution in [2.75, 3.05) is 26.2 Å². The van der Waals surface area contributed by atoms with Crippen LogP contribution in [0.2, 0.25) is 0 Å². The second-order valence-electron chi connectivity index (χ2n) is 12.5. The molecule has 0 radical (unpaired) electrons. The quantitative estimate of drug-likeness (QED) is 0.241. The Kier molecular flexibility index (Phi) is 11.4. The fourth-order valence-corrected chi connectivity index (χ4v) is 6.00. The Balaban J connectivity index is 1.75. The van der Waals surface area contributed by atoms with E-state index in [0.717, 1.165) is 11.1 Å². The van der Waals surface area contributed by atoms with E-state index in [-0.39, 0.29) is 30.1 Å². The number of halogens is 3. The zero-order valence-electron chi connectivity index (χ0n) is 27.3. The molecule has 2 atom stereocenters. The van der Waals surface area contributed by atoms with Gasteiger partial charge in [-0.1, -0.05) is 32.0 Å². The summed E-state index contributed by atoms with van der Waals surface area (Å²) in [6, 6.07) is 4.41. The number of rotatable bonds is 13. The minimum atomic E-state index is -1.43. The highest BCUT2D eigenvalue weighted by atomic mass is 19.1. The van der Waals surface area contributed by atoms with Gasteiger partial charge in [0, 0.05) is 43.2 Å². The zero-order valence-corrected chi connectivity index (χ0v) is 27.3. The second-order valence-corrected chi connectivity index (χ2v) is 12.5. The molecule has 2 aromatic carbocycles. The summed E-state index contributed by atoms with van der Waals surface area (Å²) in [5.41, 5.74) is 2.02. The number of aryl methyl sites for hydroxylation is 3. The third-order valence-electron chi connectivity index (χ3n) is 8.34. The number of hydrogen-bond acceptors (Lipinski definition) is 6. The zero-order chi connectivity index (χ0) is 33.7. The SMILES string of the molecule is CCOC(=O)C[C@H](NC(=O)[C@H](CC(C)C)n1cc(CCN2CC(F)C2)cnc1=O)c1c(F)c(C)cc(-c2c(C)cccc2C)c1F. The van der Waals surface area contributed by atoms with E-state index >= 15 is 8.78 Å². The summed E-state index contributed by atoms with van der Waals surface area (Å²) in [5, 5.41) is 2.71. The van der Waals surface area contributed by atoms with Crippen LogP contribution in [0.4, 0.5) is 13.2 Å². The molecule has 248 valence electrons. The van der Waals surface area contributed by atoms with Crippen LogP contribution >= 0.6 is 0 Å². The highest BCUT2D eigenvalue weighted by Gasteiger charge is 2.33. The lowest BCUT2D eigenvalue weighted by Crippen LogP contribution is -2.49. The number of likely N-dealkylation sites (tertiary alicyclic amines) is 1. The van der Waals surface area contributed by atoms with Crippen molar-refractivity contribution in [3.05, 3.63) is 86.6 Å².